The summed E-state index contributed by atoms with van der Waals surface area (Å²) in [4.78, 5) is 8.33. The number of fused-ring (bicyclic) bond motifs is 1. The second-order valence-electron chi connectivity index (χ2n) is 4.49. The van der Waals surface area contributed by atoms with Gasteiger partial charge in [-0.05, 0) is 42.5 Å². The van der Waals surface area contributed by atoms with Gasteiger partial charge < -0.3 is 9.47 Å². The fraction of sp³-hybridized carbons (Fsp3) is 0.125. The number of halogens is 2. The monoisotopic (exact) mass is 362 g/mol. The van der Waals surface area contributed by atoms with Crippen LogP contribution in [0.1, 0.15) is 0 Å². The van der Waals surface area contributed by atoms with Crippen LogP contribution < -0.4 is 9.47 Å². The van der Waals surface area contributed by atoms with Crippen molar-refractivity contribution in [2.75, 3.05) is 13.2 Å². The zero-order valence-electron chi connectivity index (χ0n) is 11.5. The van der Waals surface area contributed by atoms with Crippen LogP contribution in [0.2, 0.25) is 0 Å². The van der Waals surface area contributed by atoms with Crippen LogP contribution in [0.25, 0.3) is 10.9 Å². The molecule has 0 bridgehead atoms. The fourth-order valence-corrected chi connectivity index (χ4v) is 2.31. The molecular formula is C16H12BrFN2O2. The molecule has 0 amide bonds. The Morgan fingerprint density at radius 2 is 1.73 bits per heavy atom. The van der Waals surface area contributed by atoms with E-state index in [2.05, 4.69) is 25.9 Å². The van der Waals surface area contributed by atoms with E-state index >= 15 is 0 Å². The molecule has 0 atom stereocenters. The SMILES string of the molecule is Fc1ccc(OCCOc2ncnc3ccc(Br)cc23)cc1. The summed E-state index contributed by atoms with van der Waals surface area (Å²) in [6.45, 7) is 0.668. The third kappa shape index (κ3) is 3.51. The molecule has 3 aromatic rings. The predicted molar refractivity (Wildman–Crippen MR) is 84.6 cm³/mol. The molecule has 0 unspecified atom stereocenters. The Hall–Kier alpha value is -2.21. The van der Waals surface area contributed by atoms with Crippen LogP contribution in [-0.2, 0) is 0 Å². The Bertz CT molecular complexity index is 781. The Morgan fingerprint density at radius 1 is 0.955 bits per heavy atom. The van der Waals surface area contributed by atoms with Gasteiger partial charge >= 0.3 is 0 Å². The van der Waals surface area contributed by atoms with Crippen molar-refractivity contribution in [1.82, 2.24) is 9.97 Å². The normalized spacial score (nSPS) is 10.6. The van der Waals surface area contributed by atoms with Crippen molar-refractivity contribution >= 4 is 26.8 Å². The summed E-state index contributed by atoms with van der Waals surface area (Å²) in [7, 11) is 0. The molecular weight excluding hydrogens is 351 g/mol. The molecule has 0 fully saturated rings. The lowest BCUT2D eigenvalue weighted by Gasteiger charge is -2.09. The maximum absolute atomic E-state index is 12.8. The lowest BCUT2D eigenvalue weighted by molar-refractivity contribution is 0.213. The van der Waals surface area contributed by atoms with Crippen LogP contribution in [0.3, 0.4) is 0 Å². The molecule has 112 valence electrons. The molecule has 4 nitrogen and oxygen atoms in total. The van der Waals surface area contributed by atoms with Gasteiger partial charge in [0, 0.05) is 4.47 Å². The molecule has 0 saturated heterocycles. The summed E-state index contributed by atoms with van der Waals surface area (Å²) in [6.07, 6.45) is 1.46. The van der Waals surface area contributed by atoms with Crippen molar-refractivity contribution in [3.8, 4) is 11.6 Å². The van der Waals surface area contributed by atoms with Crippen LogP contribution in [0.5, 0.6) is 11.6 Å². The molecule has 2 aromatic carbocycles. The van der Waals surface area contributed by atoms with Crippen molar-refractivity contribution in [1.29, 1.82) is 0 Å². The van der Waals surface area contributed by atoms with E-state index in [1.54, 1.807) is 12.1 Å². The molecule has 22 heavy (non-hydrogen) atoms. The Kier molecular flexibility index (Phi) is 4.48. The highest BCUT2D eigenvalue weighted by atomic mass is 79.9. The highest BCUT2D eigenvalue weighted by Gasteiger charge is 2.05. The molecule has 1 aromatic heterocycles. The van der Waals surface area contributed by atoms with Gasteiger partial charge in [-0.1, -0.05) is 15.9 Å². The van der Waals surface area contributed by atoms with Crippen molar-refractivity contribution < 1.29 is 13.9 Å². The van der Waals surface area contributed by atoms with E-state index in [1.807, 2.05) is 18.2 Å². The average Bonchev–Trinajstić information content (AvgIpc) is 2.53. The van der Waals surface area contributed by atoms with E-state index in [1.165, 1.54) is 18.5 Å². The number of benzene rings is 2. The van der Waals surface area contributed by atoms with Gasteiger partial charge in [-0.2, -0.15) is 0 Å². The van der Waals surface area contributed by atoms with Crippen molar-refractivity contribution in [3.63, 3.8) is 0 Å². The average molecular weight is 363 g/mol. The number of hydrogen-bond acceptors (Lipinski definition) is 4. The van der Waals surface area contributed by atoms with Gasteiger partial charge in [0.2, 0.25) is 5.88 Å². The third-order valence-corrected chi connectivity index (χ3v) is 3.46. The van der Waals surface area contributed by atoms with Crippen LogP contribution >= 0.6 is 15.9 Å². The highest BCUT2D eigenvalue weighted by Crippen LogP contribution is 2.24. The molecule has 3 rings (SSSR count). The van der Waals surface area contributed by atoms with E-state index in [4.69, 9.17) is 9.47 Å². The van der Waals surface area contributed by atoms with E-state index in [-0.39, 0.29) is 5.82 Å². The van der Waals surface area contributed by atoms with Gasteiger partial charge in [0.15, 0.2) is 0 Å². The lowest BCUT2D eigenvalue weighted by Crippen LogP contribution is -2.10. The first-order valence-corrected chi connectivity index (χ1v) is 7.43. The Morgan fingerprint density at radius 3 is 2.55 bits per heavy atom. The number of rotatable bonds is 5. The number of ether oxygens (including phenoxy) is 2. The molecule has 0 aliphatic rings. The molecule has 0 aliphatic carbocycles. The largest absolute Gasteiger partial charge is 0.490 e. The van der Waals surface area contributed by atoms with Crippen LogP contribution in [0.4, 0.5) is 4.39 Å². The van der Waals surface area contributed by atoms with Crippen molar-refractivity contribution in [2.45, 2.75) is 0 Å². The highest BCUT2D eigenvalue weighted by molar-refractivity contribution is 9.10. The number of aromatic nitrogens is 2. The van der Waals surface area contributed by atoms with Crippen molar-refractivity contribution in [3.05, 3.63) is 59.1 Å². The quantitative estimate of drug-likeness (QED) is 0.643. The third-order valence-electron chi connectivity index (χ3n) is 2.97. The molecule has 6 heteroatoms. The molecule has 0 saturated carbocycles. The van der Waals surface area contributed by atoms with Crippen LogP contribution in [-0.4, -0.2) is 23.2 Å². The first kappa shape index (κ1) is 14.7. The Labute approximate surface area is 135 Å². The van der Waals surface area contributed by atoms with E-state index in [0.29, 0.717) is 24.8 Å². The van der Waals surface area contributed by atoms with Gasteiger partial charge in [0.1, 0.15) is 31.1 Å². The molecule has 0 radical (unpaired) electrons. The molecule has 0 aliphatic heterocycles. The minimum absolute atomic E-state index is 0.290. The standard InChI is InChI=1S/C16H12BrFN2O2/c17-11-1-6-15-14(9-11)16(20-10-19-15)22-8-7-21-13-4-2-12(18)3-5-13/h1-6,9-10H,7-8H2. The summed E-state index contributed by atoms with van der Waals surface area (Å²) >= 11 is 3.42. The second kappa shape index (κ2) is 6.70. The van der Waals surface area contributed by atoms with E-state index in [9.17, 15) is 4.39 Å². The smallest absolute Gasteiger partial charge is 0.224 e. The van der Waals surface area contributed by atoms with Gasteiger partial charge in [0.25, 0.3) is 0 Å². The first-order valence-electron chi connectivity index (χ1n) is 6.64. The zero-order valence-corrected chi connectivity index (χ0v) is 13.1. The number of nitrogens with zero attached hydrogens (tertiary/aromatic N) is 2. The predicted octanol–water partition coefficient (Wildman–Crippen LogP) is 3.99. The maximum atomic E-state index is 12.8. The molecule has 0 spiro atoms. The van der Waals surface area contributed by atoms with Gasteiger partial charge in [-0.15, -0.1) is 0 Å². The summed E-state index contributed by atoms with van der Waals surface area (Å²) in [6, 6.07) is 11.6. The first-order chi connectivity index (χ1) is 10.7. The second-order valence-corrected chi connectivity index (χ2v) is 5.41. The van der Waals surface area contributed by atoms with Gasteiger partial charge in [-0.25, -0.2) is 14.4 Å². The minimum Gasteiger partial charge on any atom is -0.490 e. The summed E-state index contributed by atoms with van der Waals surface area (Å²) in [5.74, 6) is 0.816. The summed E-state index contributed by atoms with van der Waals surface area (Å²) in [5.41, 5.74) is 0.813. The minimum atomic E-state index is -0.290. The topological polar surface area (TPSA) is 44.2 Å². The van der Waals surface area contributed by atoms with Gasteiger partial charge in [0.05, 0.1) is 10.9 Å². The number of hydrogen-bond donors (Lipinski definition) is 0. The summed E-state index contributed by atoms with van der Waals surface area (Å²) in [5, 5.41) is 0.832. The zero-order chi connectivity index (χ0) is 15.4. The van der Waals surface area contributed by atoms with Crippen LogP contribution in [0, 0.1) is 5.82 Å². The van der Waals surface area contributed by atoms with E-state index in [0.717, 1.165) is 15.4 Å². The summed E-state index contributed by atoms with van der Waals surface area (Å²) < 4.78 is 24.8. The van der Waals surface area contributed by atoms with E-state index < -0.39 is 0 Å². The van der Waals surface area contributed by atoms with Crippen LogP contribution in [0.15, 0.2) is 53.3 Å². The lowest BCUT2D eigenvalue weighted by atomic mass is 10.2. The maximum Gasteiger partial charge on any atom is 0.224 e. The molecule has 0 N–H and O–H groups in total. The Balaban J connectivity index is 1.62. The fourth-order valence-electron chi connectivity index (χ4n) is 1.95. The van der Waals surface area contributed by atoms with Gasteiger partial charge in [-0.3, -0.25) is 0 Å². The molecule has 1 heterocycles. The van der Waals surface area contributed by atoms with Crippen molar-refractivity contribution in [2.24, 2.45) is 0 Å².